The molecule has 0 saturated carbocycles. The molecule has 0 aliphatic heterocycles. The number of esters is 1. The molecule has 7 nitrogen and oxygen atoms in total. The summed E-state index contributed by atoms with van der Waals surface area (Å²) in [4.78, 5) is 24.3. The lowest BCUT2D eigenvalue weighted by molar-refractivity contribution is 0.0497. The lowest BCUT2D eigenvalue weighted by atomic mass is 10.1. The number of hydrogen-bond acceptors (Lipinski definition) is 5. The Labute approximate surface area is 184 Å². The number of sulfonamides is 1. The highest BCUT2D eigenvalue weighted by Gasteiger charge is 2.18. The van der Waals surface area contributed by atoms with Gasteiger partial charge in [-0.2, -0.15) is 0 Å². The van der Waals surface area contributed by atoms with Crippen LogP contribution in [-0.2, 0) is 14.8 Å². The molecule has 0 aliphatic rings. The van der Waals surface area contributed by atoms with Gasteiger partial charge in [0.1, 0.15) is 0 Å². The number of rotatable bonds is 11. The Bertz CT molecular complexity index is 972. The average molecular weight is 447 g/mol. The molecule has 0 spiro atoms. The number of unbranched alkanes of at least 4 members (excludes halogenated alkanes) is 5. The highest BCUT2D eigenvalue weighted by atomic mass is 32.2. The maximum Gasteiger partial charge on any atom is 0.338 e. The fourth-order valence-corrected chi connectivity index (χ4v) is 3.82. The molecular weight excluding hydrogens is 416 g/mol. The first kappa shape index (κ1) is 24.4. The molecule has 0 radical (unpaired) electrons. The van der Waals surface area contributed by atoms with E-state index in [0.717, 1.165) is 24.8 Å². The molecule has 0 heterocycles. The molecule has 168 valence electrons. The predicted octanol–water partition coefficient (Wildman–Crippen LogP) is 5.02. The van der Waals surface area contributed by atoms with Gasteiger partial charge >= 0.3 is 12.0 Å². The predicted molar refractivity (Wildman–Crippen MR) is 121 cm³/mol. The summed E-state index contributed by atoms with van der Waals surface area (Å²) >= 11 is 0. The molecule has 0 bridgehead atoms. The van der Waals surface area contributed by atoms with Crippen molar-refractivity contribution in [1.82, 2.24) is 4.72 Å². The van der Waals surface area contributed by atoms with Crippen molar-refractivity contribution in [1.29, 1.82) is 0 Å². The van der Waals surface area contributed by atoms with Gasteiger partial charge < -0.3 is 10.1 Å². The largest absolute Gasteiger partial charge is 0.462 e. The zero-order valence-electron chi connectivity index (χ0n) is 18.0. The van der Waals surface area contributed by atoms with E-state index >= 15 is 0 Å². The third-order valence-corrected chi connectivity index (χ3v) is 5.99. The Morgan fingerprint density at radius 1 is 0.935 bits per heavy atom. The summed E-state index contributed by atoms with van der Waals surface area (Å²) in [6.45, 7) is 4.34. The molecule has 0 aromatic heterocycles. The van der Waals surface area contributed by atoms with Gasteiger partial charge in [-0.05, 0) is 43.7 Å². The van der Waals surface area contributed by atoms with Crippen LogP contribution >= 0.6 is 0 Å². The van der Waals surface area contributed by atoms with Crippen LogP contribution in [0.1, 0.15) is 61.4 Å². The summed E-state index contributed by atoms with van der Waals surface area (Å²) in [6, 6.07) is 11.4. The second-order valence-corrected chi connectivity index (χ2v) is 9.04. The molecule has 0 unspecified atom stereocenters. The van der Waals surface area contributed by atoms with E-state index < -0.39 is 22.0 Å². The molecule has 0 saturated heterocycles. The van der Waals surface area contributed by atoms with E-state index in [0.29, 0.717) is 6.61 Å². The van der Waals surface area contributed by atoms with Crippen molar-refractivity contribution in [2.45, 2.75) is 57.3 Å². The zero-order valence-corrected chi connectivity index (χ0v) is 18.8. The first-order valence-corrected chi connectivity index (χ1v) is 12.0. The van der Waals surface area contributed by atoms with Crippen molar-refractivity contribution >= 4 is 27.7 Å². The van der Waals surface area contributed by atoms with Gasteiger partial charge in [0.05, 0.1) is 17.1 Å². The van der Waals surface area contributed by atoms with Crippen LogP contribution < -0.4 is 10.0 Å². The van der Waals surface area contributed by atoms with Crippen LogP contribution in [0.4, 0.5) is 10.5 Å². The number of aryl methyl sites for hydroxylation is 1. The lowest BCUT2D eigenvalue weighted by Gasteiger charge is -2.10. The fraction of sp³-hybridized carbons (Fsp3) is 0.391. The molecular formula is C23H30N2O5S. The standard InChI is InChI=1S/C23H30N2O5S/c1-3-4-5-6-7-8-16-30-22(26)19-10-9-11-20(17-19)24-23(27)25-31(28,29)21-14-12-18(2)13-15-21/h9-15,17H,3-8,16H2,1-2H3,(H2,24,25,27). The topological polar surface area (TPSA) is 102 Å². The van der Waals surface area contributed by atoms with Gasteiger partial charge in [-0.3, -0.25) is 0 Å². The highest BCUT2D eigenvalue weighted by molar-refractivity contribution is 7.90. The SMILES string of the molecule is CCCCCCCCOC(=O)c1cccc(NC(=O)NS(=O)(=O)c2ccc(C)cc2)c1. The number of urea groups is 1. The summed E-state index contributed by atoms with van der Waals surface area (Å²) in [5.41, 5.74) is 1.47. The number of carbonyl (C=O) groups is 2. The summed E-state index contributed by atoms with van der Waals surface area (Å²) in [5, 5.41) is 2.43. The van der Waals surface area contributed by atoms with Crippen molar-refractivity contribution in [3.8, 4) is 0 Å². The molecule has 2 aromatic rings. The molecule has 2 amide bonds. The van der Waals surface area contributed by atoms with E-state index in [1.807, 2.05) is 11.6 Å². The van der Waals surface area contributed by atoms with E-state index in [4.69, 9.17) is 4.74 Å². The maximum absolute atomic E-state index is 12.3. The van der Waals surface area contributed by atoms with Crippen LogP contribution in [0.5, 0.6) is 0 Å². The van der Waals surface area contributed by atoms with E-state index in [1.165, 1.54) is 37.5 Å². The average Bonchev–Trinajstić information content (AvgIpc) is 2.73. The Hall–Kier alpha value is -2.87. The molecule has 0 aliphatic carbocycles. The van der Waals surface area contributed by atoms with Crippen molar-refractivity contribution in [2.75, 3.05) is 11.9 Å². The van der Waals surface area contributed by atoms with E-state index in [9.17, 15) is 18.0 Å². The first-order chi connectivity index (χ1) is 14.8. The van der Waals surface area contributed by atoms with Gasteiger partial charge in [-0.1, -0.05) is 62.8 Å². The Kier molecular flexibility index (Phi) is 9.52. The van der Waals surface area contributed by atoms with Crippen LogP contribution in [0, 0.1) is 6.92 Å². The van der Waals surface area contributed by atoms with Crippen molar-refractivity contribution in [3.05, 3.63) is 59.7 Å². The molecule has 2 N–H and O–H groups in total. The fourth-order valence-electron chi connectivity index (χ4n) is 2.91. The molecule has 0 atom stereocenters. The third-order valence-electron chi connectivity index (χ3n) is 4.65. The Morgan fingerprint density at radius 3 is 2.32 bits per heavy atom. The van der Waals surface area contributed by atoms with E-state index in [1.54, 1.807) is 30.3 Å². The van der Waals surface area contributed by atoms with Gasteiger partial charge in [0, 0.05) is 5.69 Å². The second kappa shape index (κ2) is 12.1. The molecule has 0 fully saturated rings. The summed E-state index contributed by atoms with van der Waals surface area (Å²) in [5.74, 6) is -0.482. The minimum absolute atomic E-state index is 0.0136. The van der Waals surface area contributed by atoms with Crippen molar-refractivity contribution in [2.24, 2.45) is 0 Å². The highest BCUT2D eigenvalue weighted by Crippen LogP contribution is 2.14. The van der Waals surface area contributed by atoms with Gasteiger partial charge in [0.25, 0.3) is 10.0 Å². The quantitative estimate of drug-likeness (QED) is 0.373. The van der Waals surface area contributed by atoms with Crippen LogP contribution in [-0.4, -0.2) is 27.0 Å². The number of nitrogens with one attached hydrogen (secondary N) is 2. The first-order valence-electron chi connectivity index (χ1n) is 10.5. The molecule has 31 heavy (non-hydrogen) atoms. The maximum atomic E-state index is 12.3. The summed E-state index contributed by atoms with van der Waals surface area (Å²) < 4.78 is 31.8. The molecule has 2 rings (SSSR count). The van der Waals surface area contributed by atoms with E-state index in [-0.39, 0.29) is 16.1 Å². The minimum atomic E-state index is -4.00. The Balaban J connectivity index is 1.86. The molecule has 2 aromatic carbocycles. The molecule has 8 heteroatoms. The lowest BCUT2D eigenvalue weighted by Crippen LogP contribution is -2.34. The van der Waals surface area contributed by atoms with Crippen LogP contribution in [0.3, 0.4) is 0 Å². The van der Waals surface area contributed by atoms with Crippen LogP contribution in [0.2, 0.25) is 0 Å². The van der Waals surface area contributed by atoms with Gasteiger partial charge in [-0.25, -0.2) is 22.7 Å². The number of ether oxygens (including phenoxy) is 1. The number of anilines is 1. The number of carbonyl (C=O) groups excluding carboxylic acids is 2. The van der Waals surface area contributed by atoms with Crippen LogP contribution in [0.25, 0.3) is 0 Å². The number of benzene rings is 2. The monoisotopic (exact) mass is 446 g/mol. The minimum Gasteiger partial charge on any atom is -0.462 e. The van der Waals surface area contributed by atoms with Gasteiger partial charge in [0.15, 0.2) is 0 Å². The van der Waals surface area contributed by atoms with E-state index in [2.05, 4.69) is 12.2 Å². The van der Waals surface area contributed by atoms with Gasteiger partial charge in [0.2, 0.25) is 0 Å². The smallest absolute Gasteiger partial charge is 0.338 e. The second-order valence-electron chi connectivity index (χ2n) is 7.36. The number of hydrogen-bond donors (Lipinski definition) is 2. The Morgan fingerprint density at radius 2 is 1.61 bits per heavy atom. The normalized spacial score (nSPS) is 11.0. The van der Waals surface area contributed by atoms with Crippen molar-refractivity contribution in [3.63, 3.8) is 0 Å². The van der Waals surface area contributed by atoms with Gasteiger partial charge in [-0.15, -0.1) is 0 Å². The third kappa shape index (κ3) is 8.41. The van der Waals surface area contributed by atoms with Crippen LogP contribution in [0.15, 0.2) is 53.4 Å². The summed E-state index contributed by atoms with van der Waals surface area (Å²) in [6.07, 6.45) is 6.57. The number of amides is 2. The van der Waals surface area contributed by atoms with Crippen molar-refractivity contribution < 1.29 is 22.7 Å². The zero-order chi connectivity index (χ0) is 22.7. The summed E-state index contributed by atoms with van der Waals surface area (Å²) in [7, 11) is -4.00.